The number of nitrogen functional groups attached to an aromatic ring is 1. The van der Waals surface area contributed by atoms with E-state index in [-0.39, 0.29) is 41.0 Å². The highest BCUT2D eigenvalue weighted by atomic mass is 32.2. The number of thiazole rings is 1. The molecule has 0 saturated carbocycles. The topological polar surface area (TPSA) is 174 Å². The summed E-state index contributed by atoms with van der Waals surface area (Å²) < 4.78 is 5.28. The van der Waals surface area contributed by atoms with Crippen LogP contribution < -0.4 is 11.1 Å². The predicted molar refractivity (Wildman–Crippen MR) is 131 cm³/mol. The van der Waals surface area contributed by atoms with E-state index in [1.165, 1.54) is 24.3 Å². The Labute approximate surface area is 213 Å². The fraction of sp³-hybridized carbons (Fsp3) is 0.273. The number of thioether (sulfide) groups is 1. The third kappa shape index (κ3) is 5.18. The number of hydrogen-bond donors (Lipinski definition) is 3. The second kappa shape index (κ2) is 10.8. The summed E-state index contributed by atoms with van der Waals surface area (Å²) in [7, 11) is 1.26. The van der Waals surface area contributed by atoms with Crippen LogP contribution in [0.5, 0.6) is 0 Å². The van der Waals surface area contributed by atoms with E-state index in [9.17, 15) is 24.3 Å². The first-order valence-corrected chi connectivity index (χ1v) is 12.5. The number of benzene rings is 1. The molecular weight excluding hydrogens is 510 g/mol. The lowest BCUT2D eigenvalue weighted by molar-refractivity contribution is -0.150. The van der Waals surface area contributed by atoms with Crippen LogP contribution in [0, 0.1) is 0 Å². The molecule has 3 heterocycles. The Hall–Kier alpha value is -3.91. The van der Waals surface area contributed by atoms with Gasteiger partial charge in [-0.1, -0.05) is 35.5 Å². The Morgan fingerprint density at radius 1 is 1.31 bits per heavy atom. The van der Waals surface area contributed by atoms with Crippen molar-refractivity contribution in [2.75, 3.05) is 25.2 Å². The lowest BCUT2D eigenvalue weighted by atomic mass is 10.0. The molecule has 4 rings (SSSR count). The van der Waals surface area contributed by atoms with Crippen molar-refractivity contribution in [1.29, 1.82) is 0 Å². The van der Waals surface area contributed by atoms with Crippen molar-refractivity contribution < 1.29 is 33.9 Å². The number of nitrogens with one attached hydrogen (secondary N) is 1. The molecule has 2 aliphatic rings. The lowest BCUT2D eigenvalue weighted by Crippen LogP contribution is -2.71. The maximum Gasteiger partial charge on any atom is 0.352 e. The molecule has 188 valence electrons. The van der Waals surface area contributed by atoms with Crippen molar-refractivity contribution in [3.8, 4) is 0 Å². The van der Waals surface area contributed by atoms with Gasteiger partial charge in [-0.05, 0) is 5.56 Å². The van der Waals surface area contributed by atoms with Crippen LogP contribution in [0.3, 0.4) is 0 Å². The van der Waals surface area contributed by atoms with Crippen LogP contribution in [0.2, 0.25) is 0 Å². The normalized spacial score (nSPS) is 19.3. The molecule has 2 aromatic rings. The first kappa shape index (κ1) is 25.2. The Bertz CT molecular complexity index is 1260. The Kier molecular flexibility index (Phi) is 7.55. The summed E-state index contributed by atoms with van der Waals surface area (Å²) in [5.41, 5.74) is 6.45. The van der Waals surface area contributed by atoms with E-state index >= 15 is 0 Å². The number of oxime groups is 1. The molecule has 12 nitrogen and oxygen atoms in total. The number of fused-ring (bicyclic) bond motifs is 1. The number of hydrogen-bond acceptors (Lipinski definition) is 11. The van der Waals surface area contributed by atoms with Gasteiger partial charge in [-0.2, -0.15) is 0 Å². The minimum atomic E-state index is -1.33. The number of amides is 2. The minimum absolute atomic E-state index is 0.0407. The van der Waals surface area contributed by atoms with Crippen molar-refractivity contribution >= 4 is 57.7 Å². The van der Waals surface area contributed by atoms with E-state index in [4.69, 9.17) is 15.3 Å². The number of aliphatic carboxylic acids is 1. The summed E-state index contributed by atoms with van der Waals surface area (Å²) in [5, 5.41) is 17.1. The maximum absolute atomic E-state index is 12.9. The molecule has 1 unspecified atom stereocenters. The molecule has 1 aromatic carbocycles. The highest BCUT2D eigenvalue weighted by molar-refractivity contribution is 8.00. The van der Waals surface area contributed by atoms with Gasteiger partial charge in [0, 0.05) is 16.7 Å². The monoisotopic (exact) mass is 531 g/mol. The van der Waals surface area contributed by atoms with Gasteiger partial charge in [0.05, 0.1) is 6.42 Å². The fourth-order valence-electron chi connectivity index (χ4n) is 3.68. The molecule has 1 saturated heterocycles. The Morgan fingerprint density at radius 3 is 2.69 bits per heavy atom. The largest absolute Gasteiger partial charge is 0.477 e. The number of carboxylic acid groups (broad SMARTS) is 1. The number of carbonyl (C=O) groups is 4. The molecule has 1 aromatic heterocycles. The zero-order valence-electron chi connectivity index (χ0n) is 18.9. The van der Waals surface area contributed by atoms with Crippen LogP contribution in [-0.4, -0.2) is 75.3 Å². The van der Waals surface area contributed by atoms with E-state index in [2.05, 4.69) is 15.5 Å². The van der Waals surface area contributed by atoms with Crippen LogP contribution in [0.1, 0.15) is 11.3 Å². The summed E-state index contributed by atoms with van der Waals surface area (Å²) in [6.45, 7) is -0.260. The van der Waals surface area contributed by atoms with Crippen LogP contribution in [0.15, 0.2) is 52.1 Å². The minimum Gasteiger partial charge on any atom is -0.477 e. The first-order chi connectivity index (χ1) is 17.3. The van der Waals surface area contributed by atoms with E-state index in [0.717, 1.165) is 21.8 Å². The fourth-order valence-corrected chi connectivity index (χ4v) is 5.55. The first-order valence-electron chi connectivity index (χ1n) is 10.5. The molecule has 0 bridgehead atoms. The van der Waals surface area contributed by atoms with Crippen molar-refractivity contribution in [1.82, 2.24) is 15.2 Å². The van der Waals surface area contributed by atoms with Gasteiger partial charge in [0.25, 0.3) is 11.8 Å². The summed E-state index contributed by atoms with van der Waals surface area (Å²) in [6.07, 6.45) is 0.0407. The van der Waals surface area contributed by atoms with Crippen LogP contribution >= 0.6 is 23.1 Å². The van der Waals surface area contributed by atoms with E-state index in [1.54, 1.807) is 24.3 Å². The average molecular weight is 532 g/mol. The van der Waals surface area contributed by atoms with Crippen molar-refractivity contribution in [3.63, 3.8) is 0 Å². The van der Waals surface area contributed by atoms with Gasteiger partial charge in [0.15, 0.2) is 10.8 Å². The zero-order chi connectivity index (χ0) is 25.8. The summed E-state index contributed by atoms with van der Waals surface area (Å²) in [5.74, 6) is -2.98. The molecule has 0 radical (unpaired) electrons. The number of aromatic nitrogens is 1. The molecule has 4 N–H and O–H groups in total. The number of esters is 1. The van der Waals surface area contributed by atoms with Crippen molar-refractivity contribution in [2.45, 2.75) is 17.8 Å². The number of nitrogens with two attached hydrogens (primary N) is 1. The van der Waals surface area contributed by atoms with Crippen molar-refractivity contribution in [3.05, 3.63) is 58.2 Å². The smallest absolute Gasteiger partial charge is 0.352 e. The number of nitrogens with zero attached hydrogens (tertiary/aromatic N) is 3. The lowest BCUT2D eigenvalue weighted by Gasteiger charge is -2.49. The second-order valence-corrected chi connectivity index (χ2v) is 9.63. The van der Waals surface area contributed by atoms with Gasteiger partial charge in [-0.3, -0.25) is 19.3 Å². The number of carbonyl (C=O) groups excluding carboxylic acids is 3. The summed E-state index contributed by atoms with van der Waals surface area (Å²) >= 11 is 2.36. The van der Waals surface area contributed by atoms with Gasteiger partial charge in [0.2, 0.25) is 0 Å². The third-order valence-electron chi connectivity index (χ3n) is 5.30. The molecule has 0 aliphatic carbocycles. The molecule has 2 atom stereocenters. The van der Waals surface area contributed by atoms with E-state index in [1.807, 2.05) is 6.07 Å². The number of ether oxygens (including phenoxy) is 1. The molecule has 0 spiro atoms. The Morgan fingerprint density at radius 2 is 2.06 bits per heavy atom. The van der Waals surface area contributed by atoms with Gasteiger partial charge in [-0.15, -0.1) is 23.1 Å². The SMILES string of the molecule is CO/N=C(/C(=O)NC1C(=O)N2C(C(=O)O)=C(COC(=O)Cc3ccccc3)CS[C@H]12)c1csc(N)n1. The van der Waals surface area contributed by atoms with Gasteiger partial charge < -0.3 is 25.7 Å². The standard InChI is InChI=1S/C22H21N5O7S2/c1-33-26-15(13-10-36-22(23)24-13)18(29)25-16-19(30)27-17(21(31)32)12(9-35-20(16)27)8-34-14(28)7-11-5-3-2-4-6-11/h2-6,10,16,20H,7-9H2,1H3,(H2,23,24)(H,25,29)(H,31,32)/b26-15+/t16?,20-/m1/s1. The molecular formula is C22H21N5O7S2. The third-order valence-corrected chi connectivity index (χ3v) is 7.31. The number of rotatable bonds is 9. The Balaban J connectivity index is 1.43. The van der Waals surface area contributed by atoms with Crippen LogP contribution in [0.4, 0.5) is 5.13 Å². The van der Waals surface area contributed by atoms with E-state index in [0.29, 0.717) is 5.57 Å². The maximum atomic E-state index is 12.9. The van der Waals surface area contributed by atoms with Gasteiger partial charge in [-0.25, -0.2) is 9.78 Å². The van der Waals surface area contributed by atoms with E-state index < -0.39 is 35.2 Å². The number of carboxylic acids is 1. The molecule has 2 aliphatic heterocycles. The highest BCUT2D eigenvalue weighted by Crippen LogP contribution is 2.40. The molecule has 36 heavy (non-hydrogen) atoms. The summed E-state index contributed by atoms with van der Waals surface area (Å²) in [6, 6.07) is 8.00. The van der Waals surface area contributed by atoms with Crippen LogP contribution in [-0.2, 0) is 35.2 Å². The summed E-state index contributed by atoms with van der Waals surface area (Å²) in [4.78, 5) is 59.7. The van der Waals surface area contributed by atoms with Crippen molar-refractivity contribution in [2.24, 2.45) is 5.16 Å². The average Bonchev–Trinajstić information content (AvgIpc) is 3.29. The molecule has 14 heteroatoms. The molecule has 2 amide bonds. The highest BCUT2D eigenvalue weighted by Gasteiger charge is 2.54. The molecule has 1 fully saturated rings. The van der Waals surface area contributed by atoms with Gasteiger partial charge >= 0.3 is 11.9 Å². The predicted octanol–water partition coefficient (Wildman–Crippen LogP) is 0.600. The van der Waals surface area contributed by atoms with Crippen LogP contribution in [0.25, 0.3) is 0 Å². The number of β-lactam (4-membered cyclic amide) rings is 1. The quantitative estimate of drug-likeness (QED) is 0.180. The second-order valence-electron chi connectivity index (χ2n) is 7.63. The number of anilines is 1. The zero-order valence-corrected chi connectivity index (χ0v) is 20.5. The van der Waals surface area contributed by atoms with Gasteiger partial charge in [0.1, 0.15) is 36.5 Å².